The van der Waals surface area contributed by atoms with Crippen molar-refractivity contribution in [2.75, 3.05) is 11.4 Å². The minimum absolute atomic E-state index is 0.377. The van der Waals surface area contributed by atoms with E-state index in [2.05, 4.69) is 11.8 Å². The molecule has 1 atom stereocenters. The maximum atomic E-state index is 12.7. The van der Waals surface area contributed by atoms with E-state index in [0.717, 1.165) is 31.9 Å². The third-order valence-corrected chi connectivity index (χ3v) is 3.60. The molecule has 0 amide bonds. The number of anilines is 1. The fraction of sp³-hybridized carbons (Fsp3) is 0.571. The van der Waals surface area contributed by atoms with Gasteiger partial charge in [0.1, 0.15) is 0 Å². The molecular formula is C14H18F3N. The molecule has 2 rings (SSSR count). The summed E-state index contributed by atoms with van der Waals surface area (Å²) in [6.07, 6.45) is 0.0389. The molecule has 1 unspecified atom stereocenters. The summed E-state index contributed by atoms with van der Waals surface area (Å²) in [4.78, 5) is 2.12. The van der Waals surface area contributed by atoms with E-state index < -0.39 is 11.7 Å². The Morgan fingerprint density at radius 1 is 1.28 bits per heavy atom. The Labute approximate surface area is 106 Å². The first-order chi connectivity index (χ1) is 8.52. The monoisotopic (exact) mass is 257 g/mol. The fourth-order valence-electron chi connectivity index (χ4n) is 2.63. The van der Waals surface area contributed by atoms with Crippen LogP contribution in [0.25, 0.3) is 0 Å². The van der Waals surface area contributed by atoms with Crippen LogP contribution in [0, 0.1) is 0 Å². The largest absolute Gasteiger partial charge is 0.416 e. The molecular weight excluding hydrogens is 239 g/mol. The summed E-state index contributed by atoms with van der Waals surface area (Å²) in [6, 6.07) is 6.06. The molecule has 1 aliphatic rings. The lowest BCUT2D eigenvalue weighted by Gasteiger charge is -2.37. The number of alkyl halides is 3. The first-order valence-electron chi connectivity index (χ1n) is 6.46. The highest BCUT2D eigenvalue weighted by Gasteiger charge is 2.31. The van der Waals surface area contributed by atoms with Crippen molar-refractivity contribution in [3.8, 4) is 0 Å². The van der Waals surface area contributed by atoms with Gasteiger partial charge < -0.3 is 4.90 Å². The van der Waals surface area contributed by atoms with Crippen LogP contribution in [-0.4, -0.2) is 12.6 Å². The number of benzene rings is 1. The molecule has 0 radical (unpaired) electrons. The van der Waals surface area contributed by atoms with E-state index >= 15 is 0 Å². The van der Waals surface area contributed by atoms with E-state index in [-0.39, 0.29) is 0 Å². The number of nitrogens with zero attached hydrogens (tertiary/aromatic N) is 1. The van der Waals surface area contributed by atoms with Gasteiger partial charge in [-0.3, -0.25) is 0 Å². The molecule has 0 spiro atoms. The molecule has 1 nitrogen and oxygen atoms in total. The van der Waals surface area contributed by atoms with E-state index in [4.69, 9.17) is 0 Å². The summed E-state index contributed by atoms with van der Waals surface area (Å²) in [5, 5.41) is 0. The molecule has 0 saturated carbocycles. The predicted octanol–water partition coefficient (Wildman–Crippen LogP) is 4.47. The Hall–Kier alpha value is -1.19. The molecule has 1 saturated heterocycles. The van der Waals surface area contributed by atoms with E-state index in [1.54, 1.807) is 6.07 Å². The molecule has 0 bridgehead atoms. The molecule has 0 N–H and O–H groups in total. The molecule has 100 valence electrons. The summed E-state index contributed by atoms with van der Waals surface area (Å²) in [6.45, 7) is 2.95. The van der Waals surface area contributed by atoms with Gasteiger partial charge in [-0.25, -0.2) is 0 Å². The van der Waals surface area contributed by atoms with Crippen LogP contribution < -0.4 is 4.90 Å². The SMILES string of the molecule is CCC1CCCCN1c1cccc(C(F)(F)F)c1. The van der Waals surface area contributed by atoms with Crippen LogP contribution in [0.4, 0.5) is 18.9 Å². The normalized spacial score (nSPS) is 21.1. The number of piperidine rings is 1. The Morgan fingerprint density at radius 2 is 2.06 bits per heavy atom. The molecule has 18 heavy (non-hydrogen) atoms. The minimum Gasteiger partial charge on any atom is -0.369 e. The Kier molecular flexibility index (Phi) is 3.83. The second-order valence-electron chi connectivity index (χ2n) is 4.80. The highest BCUT2D eigenvalue weighted by Crippen LogP contribution is 2.33. The Balaban J connectivity index is 2.27. The van der Waals surface area contributed by atoms with Crippen LogP contribution in [0.3, 0.4) is 0 Å². The van der Waals surface area contributed by atoms with E-state index in [1.165, 1.54) is 18.6 Å². The number of hydrogen-bond acceptors (Lipinski definition) is 1. The lowest BCUT2D eigenvalue weighted by Crippen LogP contribution is -2.39. The van der Waals surface area contributed by atoms with Crippen molar-refractivity contribution in [1.82, 2.24) is 0 Å². The number of rotatable bonds is 2. The van der Waals surface area contributed by atoms with Gasteiger partial charge in [-0.05, 0) is 43.9 Å². The van der Waals surface area contributed by atoms with Gasteiger partial charge in [-0.2, -0.15) is 13.2 Å². The van der Waals surface area contributed by atoms with Crippen molar-refractivity contribution < 1.29 is 13.2 Å². The first-order valence-corrected chi connectivity index (χ1v) is 6.46. The van der Waals surface area contributed by atoms with Gasteiger partial charge in [0.05, 0.1) is 5.56 Å². The highest BCUT2D eigenvalue weighted by molar-refractivity contribution is 5.50. The summed E-state index contributed by atoms with van der Waals surface area (Å²) >= 11 is 0. The van der Waals surface area contributed by atoms with Crippen LogP contribution in [0.2, 0.25) is 0 Å². The fourth-order valence-corrected chi connectivity index (χ4v) is 2.63. The van der Waals surface area contributed by atoms with Crippen molar-refractivity contribution in [3.05, 3.63) is 29.8 Å². The van der Waals surface area contributed by atoms with E-state index in [1.807, 2.05) is 0 Å². The average molecular weight is 257 g/mol. The third kappa shape index (κ3) is 2.79. The lowest BCUT2D eigenvalue weighted by molar-refractivity contribution is -0.137. The molecule has 0 aromatic heterocycles. The summed E-state index contributed by atoms with van der Waals surface area (Å²) < 4.78 is 38.1. The summed E-state index contributed by atoms with van der Waals surface area (Å²) in [7, 11) is 0. The van der Waals surface area contributed by atoms with E-state index in [0.29, 0.717) is 11.7 Å². The van der Waals surface area contributed by atoms with Crippen molar-refractivity contribution in [2.45, 2.75) is 44.8 Å². The van der Waals surface area contributed by atoms with Gasteiger partial charge in [0, 0.05) is 18.3 Å². The maximum Gasteiger partial charge on any atom is 0.416 e. The number of halogens is 3. The van der Waals surface area contributed by atoms with Crippen LogP contribution >= 0.6 is 0 Å². The van der Waals surface area contributed by atoms with Crippen molar-refractivity contribution in [2.24, 2.45) is 0 Å². The highest BCUT2D eigenvalue weighted by atomic mass is 19.4. The van der Waals surface area contributed by atoms with Crippen molar-refractivity contribution >= 4 is 5.69 Å². The van der Waals surface area contributed by atoms with Crippen LogP contribution in [0.5, 0.6) is 0 Å². The zero-order chi connectivity index (χ0) is 13.2. The Morgan fingerprint density at radius 3 is 2.72 bits per heavy atom. The third-order valence-electron chi connectivity index (χ3n) is 3.60. The molecule has 4 heteroatoms. The number of hydrogen-bond donors (Lipinski definition) is 0. The first kappa shape index (κ1) is 13.2. The molecule has 1 aromatic carbocycles. The van der Waals surface area contributed by atoms with Crippen LogP contribution in [-0.2, 0) is 6.18 Å². The van der Waals surface area contributed by atoms with Crippen LogP contribution in [0.1, 0.15) is 38.2 Å². The van der Waals surface area contributed by atoms with Gasteiger partial charge in [-0.1, -0.05) is 13.0 Å². The maximum absolute atomic E-state index is 12.7. The summed E-state index contributed by atoms with van der Waals surface area (Å²) in [5.74, 6) is 0. The molecule has 0 aliphatic carbocycles. The topological polar surface area (TPSA) is 3.24 Å². The zero-order valence-corrected chi connectivity index (χ0v) is 10.5. The van der Waals surface area contributed by atoms with Crippen molar-refractivity contribution in [3.63, 3.8) is 0 Å². The van der Waals surface area contributed by atoms with Gasteiger partial charge in [0.15, 0.2) is 0 Å². The second-order valence-corrected chi connectivity index (χ2v) is 4.80. The molecule has 1 fully saturated rings. The summed E-state index contributed by atoms with van der Waals surface area (Å²) in [5.41, 5.74) is 0.150. The standard InChI is InChI=1S/C14H18F3N/c1-2-12-7-3-4-9-18(12)13-8-5-6-11(10-13)14(15,16)17/h5-6,8,10,12H,2-4,7,9H2,1H3. The molecule has 1 aliphatic heterocycles. The zero-order valence-electron chi connectivity index (χ0n) is 10.5. The quantitative estimate of drug-likeness (QED) is 0.755. The van der Waals surface area contributed by atoms with E-state index in [9.17, 15) is 13.2 Å². The van der Waals surface area contributed by atoms with Crippen molar-refractivity contribution in [1.29, 1.82) is 0 Å². The Bertz CT molecular complexity index is 400. The van der Waals surface area contributed by atoms with Crippen LogP contribution in [0.15, 0.2) is 24.3 Å². The van der Waals surface area contributed by atoms with Gasteiger partial charge in [0.25, 0.3) is 0 Å². The smallest absolute Gasteiger partial charge is 0.369 e. The predicted molar refractivity (Wildman–Crippen MR) is 66.7 cm³/mol. The average Bonchev–Trinajstić information content (AvgIpc) is 2.38. The van der Waals surface area contributed by atoms with Gasteiger partial charge in [-0.15, -0.1) is 0 Å². The minimum atomic E-state index is -4.26. The van der Waals surface area contributed by atoms with Gasteiger partial charge >= 0.3 is 6.18 Å². The second kappa shape index (κ2) is 5.21. The molecule has 1 heterocycles. The van der Waals surface area contributed by atoms with Gasteiger partial charge in [0.2, 0.25) is 0 Å². The molecule has 1 aromatic rings. The lowest BCUT2D eigenvalue weighted by atomic mass is 9.99.